The third-order valence-corrected chi connectivity index (χ3v) is 1.88. The fourth-order valence-electron chi connectivity index (χ4n) is 1.27. The third-order valence-electron chi connectivity index (χ3n) is 1.88. The molecule has 0 saturated carbocycles. The molecule has 2 N–H and O–H groups in total. The Labute approximate surface area is 73.3 Å². The molecule has 6 heteroatoms. The van der Waals surface area contributed by atoms with E-state index in [1.165, 1.54) is 6.20 Å². The van der Waals surface area contributed by atoms with Crippen LogP contribution in [-0.2, 0) is 13.1 Å². The van der Waals surface area contributed by atoms with Crippen molar-refractivity contribution in [1.82, 2.24) is 9.78 Å². The summed E-state index contributed by atoms with van der Waals surface area (Å²) in [7, 11) is 0. The number of hydrogen-bond donors (Lipinski definition) is 1. The molecule has 0 saturated heterocycles. The van der Waals surface area contributed by atoms with Crippen LogP contribution in [0.4, 0.5) is 8.78 Å². The lowest BCUT2D eigenvalue weighted by Crippen LogP contribution is -2.36. The predicted molar refractivity (Wildman–Crippen MR) is 40.6 cm³/mol. The van der Waals surface area contributed by atoms with Gasteiger partial charge < -0.3 is 10.5 Å². The molecular formula is C7H9F2N3O. The van der Waals surface area contributed by atoms with Gasteiger partial charge in [0.1, 0.15) is 6.54 Å². The van der Waals surface area contributed by atoms with Crippen LogP contribution in [0.15, 0.2) is 6.20 Å². The summed E-state index contributed by atoms with van der Waals surface area (Å²) in [5.74, 6) is -2.46. The van der Waals surface area contributed by atoms with Gasteiger partial charge in [0.15, 0.2) is 6.61 Å². The van der Waals surface area contributed by atoms with Gasteiger partial charge in [0.05, 0.1) is 6.20 Å². The van der Waals surface area contributed by atoms with E-state index in [1.807, 2.05) is 0 Å². The standard InChI is InChI=1S/C7H9F2N3O/c8-7(9)3-12-6(13-4-7)5(1-10)2-11-12/h2H,1,3-4,10H2. The van der Waals surface area contributed by atoms with Crippen LogP contribution < -0.4 is 10.5 Å². The van der Waals surface area contributed by atoms with Crippen LogP contribution in [0.2, 0.25) is 0 Å². The minimum Gasteiger partial charge on any atom is -0.471 e. The van der Waals surface area contributed by atoms with E-state index in [-0.39, 0.29) is 6.54 Å². The quantitative estimate of drug-likeness (QED) is 0.694. The van der Waals surface area contributed by atoms with Gasteiger partial charge in [0.2, 0.25) is 5.88 Å². The van der Waals surface area contributed by atoms with Gasteiger partial charge in [-0.3, -0.25) is 0 Å². The van der Waals surface area contributed by atoms with E-state index < -0.39 is 19.1 Å². The number of fused-ring (bicyclic) bond motifs is 1. The zero-order valence-corrected chi connectivity index (χ0v) is 6.83. The topological polar surface area (TPSA) is 53.1 Å². The third kappa shape index (κ3) is 1.37. The normalized spacial score (nSPS) is 19.3. The highest BCUT2D eigenvalue weighted by Gasteiger charge is 2.37. The van der Waals surface area contributed by atoms with Crippen molar-refractivity contribution in [1.29, 1.82) is 0 Å². The number of alkyl halides is 2. The van der Waals surface area contributed by atoms with Crippen molar-refractivity contribution in [3.8, 4) is 5.88 Å². The summed E-state index contributed by atoms with van der Waals surface area (Å²) in [6, 6.07) is 0. The Kier molecular flexibility index (Phi) is 1.73. The number of nitrogens with zero attached hydrogens (tertiary/aromatic N) is 2. The average molecular weight is 189 g/mol. The van der Waals surface area contributed by atoms with Crippen molar-refractivity contribution in [3.05, 3.63) is 11.8 Å². The summed E-state index contributed by atoms with van der Waals surface area (Å²) >= 11 is 0. The maximum Gasteiger partial charge on any atom is 0.300 e. The molecule has 4 nitrogen and oxygen atoms in total. The molecule has 0 amide bonds. The number of nitrogens with two attached hydrogens (primary N) is 1. The minimum atomic E-state index is -2.83. The molecule has 1 aromatic heterocycles. The van der Waals surface area contributed by atoms with Crippen molar-refractivity contribution < 1.29 is 13.5 Å². The van der Waals surface area contributed by atoms with E-state index in [2.05, 4.69) is 5.10 Å². The molecule has 0 bridgehead atoms. The van der Waals surface area contributed by atoms with Crippen molar-refractivity contribution in [2.24, 2.45) is 5.73 Å². The molecule has 0 aliphatic carbocycles. The lowest BCUT2D eigenvalue weighted by Gasteiger charge is -2.23. The largest absolute Gasteiger partial charge is 0.471 e. The Morgan fingerprint density at radius 3 is 3.15 bits per heavy atom. The Hall–Kier alpha value is -1.17. The van der Waals surface area contributed by atoms with Crippen molar-refractivity contribution in [3.63, 3.8) is 0 Å². The molecule has 13 heavy (non-hydrogen) atoms. The highest BCUT2D eigenvalue weighted by molar-refractivity contribution is 5.25. The maximum atomic E-state index is 12.8. The molecule has 72 valence electrons. The maximum absolute atomic E-state index is 12.8. The summed E-state index contributed by atoms with van der Waals surface area (Å²) in [5.41, 5.74) is 6.03. The van der Waals surface area contributed by atoms with E-state index in [4.69, 9.17) is 10.5 Å². The number of ether oxygens (including phenoxy) is 1. The molecule has 0 aromatic carbocycles. The number of rotatable bonds is 1. The van der Waals surface area contributed by atoms with Gasteiger partial charge in [-0.15, -0.1) is 0 Å². The van der Waals surface area contributed by atoms with Gasteiger partial charge in [0.25, 0.3) is 0 Å². The van der Waals surface area contributed by atoms with Crippen molar-refractivity contribution in [2.45, 2.75) is 19.0 Å². The summed E-state index contributed by atoms with van der Waals surface area (Å²) in [6.07, 6.45) is 1.46. The Balaban J connectivity index is 2.33. The summed E-state index contributed by atoms with van der Waals surface area (Å²) in [6.45, 7) is -0.769. The Morgan fingerprint density at radius 2 is 2.46 bits per heavy atom. The van der Waals surface area contributed by atoms with E-state index in [1.54, 1.807) is 0 Å². The van der Waals surface area contributed by atoms with Crippen molar-refractivity contribution in [2.75, 3.05) is 6.61 Å². The van der Waals surface area contributed by atoms with E-state index in [0.29, 0.717) is 11.4 Å². The van der Waals surface area contributed by atoms with E-state index in [9.17, 15) is 8.78 Å². The van der Waals surface area contributed by atoms with Crippen LogP contribution in [0, 0.1) is 0 Å². The second-order valence-corrected chi connectivity index (χ2v) is 2.98. The average Bonchev–Trinajstić information content (AvgIpc) is 2.44. The SMILES string of the molecule is NCc1cnn2c1OCC(F)(F)C2. The molecule has 0 radical (unpaired) electrons. The Morgan fingerprint density at radius 1 is 1.69 bits per heavy atom. The molecule has 0 unspecified atom stereocenters. The zero-order valence-electron chi connectivity index (χ0n) is 6.83. The molecule has 1 aliphatic rings. The van der Waals surface area contributed by atoms with Gasteiger partial charge in [-0.25, -0.2) is 13.5 Å². The highest BCUT2D eigenvalue weighted by atomic mass is 19.3. The number of halogens is 2. The van der Waals surface area contributed by atoms with Gasteiger partial charge in [0, 0.05) is 12.1 Å². The predicted octanol–water partition coefficient (Wildman–Crippen LogP) is 0.369. The Bertz CT molecular complexity index is 324. The monoisotopic (exact) mass is 189 g/mol. The summed E-state index contributed by atoms with van der Waals surface area (Å²) in [5, 5.41) is 3.75. The summed E-state index contributed by atoms with van der Waals surface area (Å²) in [4.78, 5) is 0. The second-order valence-electron chi connectivity index (χ2n) is 2.98. The van der Waals surface area contributed by atoms with Crippen LogP contribution in [0.1, 0.15) is 5.56 Å². The van der Waals surface area contributed by atoms with E-state index >= 15 is 0 Å². The van der Waals surface area contributed by atoms with Crippen LogP contribution >= 0.6 is 0 Å². The molecule has 0 spiro atoms. The lowest BCUT2D eigenvalue weighted by atomic mass is 10.3. The summed E-state index contributed by atoms with van der Waals surface area (Å²) < 4.78 is 31.6. The van der Waals surface area contributed by atoms with Gasteiger partial charge in [-0.2, -0.15) is 5.10 Å². The fourth-order valence-corrected chi connectivity index (χ4v) is 1.27. The molecule has 1 aliphatic heterocycles. The van der Waals surface area contributed by atoms with Crippen LogP contribution in [0.3, 0.4) is 0 Å². The molecule has 0 atom stereocenters. The molecule has 1 aromatic rings. The zero-order chi connectivity index (χ0) is 9.47. The van der Waals surface area contributed by atoms with Crippen LogP contribution in [0.5, 0.6) is 5.88 Å². The molecule has 0 fully saturated rings. The van der Waals surface area contributed by atoms with Crippen molar-refractivity contribution >= 4 is 0 Å². The first-order chi connectivity index (χ1) is 6.12. The second kappa shape index (κ2) is 2.66. The smallest absolute Gasteiger partial charge is 0.300 e. The van der Waals surface area contributed by atoms with Gasteiger partial charge >= 0.3 is 5.92 Å². The van der Waals surface area contributed by atoms with Crippen LogP contribution in [-0.4, -0.2) is 22.3 Å². The molecule has 2 rings (SSSR count). The highest BCUT2D eigenvalue weighted by Crippen LogP contribution is 2.28. The first kappa shape index (κ1) is 8.43. The van der Waals surface area contributed by atoms with E-state index in [0.717, 1.165) is 4.68 Å². The number of hydrogen-bond acceptors (Lipinski definition) is 3. The molecular weight excluding hydrogens is 180 g/mol. The molecule has 2 heterocycles. The minimum absolute atomic E-state index is 0.251. The first-order valence-corrected chi connectivity index (χ1v) is 3.88. The first-order valence-electron chi connectivity index (χ1n) is 3.88. The lowest BCUT2D eigenvalue weighted by molar-refractivity contribution is -0.0798. The fraction of sp³-hybridized carbons (Fsp3) is 0.571. The van der Waals surface area contributed by atoms with Gasteiger partial charge in [-0.1, -0.05) is 0 Å². The van der Waals surface area contributed by atoms with Crippen LogP contribution in [0.25, 0.3) is 0 Å². The van der Waals surface area contributed by atoms with Gasteiger partial charge in [-0.05, 0) is 0 Å². The number of aromatic nitrogens is 2.